The SMILES string of the molecule is c1ccc(-c2cc(-c3ccccc3)cc(-n3c4ccccc4c4cc(-n5c6ccccc6c6oc7ccccc7c65)ccc43)c2)cc1. The number of rotatable bonds is 4. The van der Waals surface area contributed by atoms with Crippen LogP contribution in [0.15, 0.2) is 174 Å². The van der Waals surface area contributed by atoms with Gasteiger partial charge in [0.1, 0.15) is 11.1 Å². The molecule has 0 spiro atoms. The molecule has 0 saturated carbocycles. The summed E-state index contributed by atoms with van der Waals surface area (Å²) >= 11 is 0. The fourth-order valence-electron chi connectivity index (χ4n) is 7.40. The van der Waals surface area contributed by atoms with Gasteiger partial charge in [0.25, 0.3) is 0 Å². The molecule has 0 aliphatic heterocycles. The highest BCUT2D eigenvalue weighted by Gasteiger charge is 2.21. The number of furan rings is 1. The highest BCUT2D eigenvalue weighted by atomic mass is 16.3. The van der Waals surface area contributed by atoms with E-state index in [1.165, 1.54) is 44.1 Å². The van der Waals surface area contributed by atoms with Crippen LogP contribution in [-0.2, 0) is 0 Å². The van der Waals surface area contributed by atoms with E-state index in [9.17, 15) is 0 Å². The monoisotopic (exact) mass is 600 g/mol. The van der Waals surface area contributed by atoms with Crippen LogP contribution >= 0.6 is 0 Å². The van der Waals surface area contributed by atoms with Gasteiger partial charge in [0.05, 0.1) is 16.6 Å². The highest BCUT2D eigenvalue weighted by molar-refractivity contribution is 6.17. The van der Waals surface area contributed by atoms with Crippen molar-refractivity contribution in [2.75, 3.05) is 0 Å². The molecule has 0 amide bonds. The number of hydrogen-bond acceptors (Lipinski definition) is 1. The van der Waals surface area contributed by atoms with Gasteiger partial charge in [-0.15, -0.1) is 0 Å². The molecule has 0 N–H and O–H groups in total. The minimum absolute atomic E-state index is 0.905. The Balaban J connectivity index is 1.26. The summed E-state index contributed by atoms with van der Waals surface area (Å²) in [6.45, 7) is 0. The van der Waals surface area contributed by atoms with Gasteiger partial charge in [0.15, 0.2) is 5.58 Å². The lowest BCUT2D eigenvalue weighted by Gasteiger charge is -2.14. The Bertz CT molecular complexity index is 2720. The van der Waals surface area contributed by atoms with E-state index >= 15 is 0 Å². The van der Waals surface area contributed by atoms with E-state index in [2.05, 4.69) is 173 Å². The van der Waals surface area contributed by atoms with Gasteiger partial charge in [-0.05, 0) is 89.0 Å². The van der Waals surface area contributed by atoms with Crippen LogP contribution in [0.4, 0.5) is 0 Å². The van der Waals surface area contributed by atoms with Crippen LogP contribution in [-0.4, -0.2) is 9.13 Å². The Kier molecular flexibility index (Phi) is 5.57. The van der Waals surface area contributed by atoms with Crippen molar-refractivity contribution in [3.8, 4) is 33.6 Å². The van der Waals surface area contributed by atoms with Crippen molar-refractivity contribution in [1.82, 2.24) is 9.13 Å². The Labute approximate surface area is 271 Å². The summed E-state index contributed by atoms with van der Waals surface area (Å²) in [7, 11) is 0. The van der Waals surface area contributed by atoms with Gasteiger partial charge in [-0.2, -0.15) is 0 Å². The smallest absolute Gasteiger partial charge is 0.161 e. The van der Waals surface area contributed by atoms with Crippen LogP contribution in [0.2, 0.25) is 0 Å². The van der Waals surface area contributed by atoms with Gasteiger partial charge >= 0.3 is 0 Å². The Hall–Kier alpha value is -6.32. The van der Waals surface area contributed by atoms with Gasteiger partial charge in [-0.25, -0.2) is 0 Å². The second-order valence-electron chi connectivity index (χ2n) is 12.2. The molecule has 3 heteroatoms. The van der Waals surface area contributed by atoms with Crippen molar-refractivity contribution in [1.29, 1.82) is 0 Å². The normalized spacial score (nSPS) is 11.8. The number of aromatic nitrogens is 2. The molecule has 0 aliphatic rings. The molecule has 10 rings (SSSR count). The zero-order chi connectivity index (χ0) is 30.9. The predicted molar refractivity (Wildman–Crippen MR) is 196 cm³/mol. The van der Waals surface area contributed by atoms with Gasteiger partial charge in [0, 0.05) is 32.9 Å². The molecule has 0 fully saturated rings. The fraction of sp³-hybridized carbons (Fsp3) is 0. The third kappa shape index (κ3) is 3.93. The molecule has 0 unspecified atom stereocenters. The Morgan fingerprint density at radius 2 is 0.894 bits per heavy atom. The van der Waals surface area contributed by atoms with Crippen molar-refractivity contribution in [2.45, 2.75) is 0 Å². The third-order valence-electron chi connectivity index (χ3n) is 9.49. The third-order valence-corrected chi connectivity index (χ3v) is 9.49. The zero-order valence-electron chi connectivity index (χ0n) is 25.5. The zero-order valence-corrected chi connectivity index (χ0v) is 25.5. The standard InChI is InChI=1S/C44H28N2O/c1-3-13-29(14-4-1)31-25-32(30-15-5-2-6-16-30)27-34(26-31)45-39-20-10-7-17-35(39)38-28-33(23-24-41(38)45)46-40-21-11-8-18-36(40)44-43(46)37-19-9-12-22-42(37)47-44/h1-28H. The number of hydrogen-bond donors (Lipinski definition) is 0. The molecule has 0 bridgehead atoms. The molecule has 0 radical (unpaired) electrons. The van der Waals surface area contributed by atoms with Crippen LogP contribution in [0.1, 0.15) is 0 Å². The second kappa shape index (κ2) is 10.1. The molecule has 0 atom stereocenters. The lowest BCUT2D eigenvalue weighted by molar-refractivity contribution is 0.673. The summed E-state index contributed by atoms with van der Waals surface area (Å²) in [5.74, 6) is 0. The van der Waals surface area contributed by atoms with E-state index in [-0.39, 0.29) is 0 Å². The molecule has 7 aromatic carbocycles. The first-order chi connectivity index (χ1) is 23.3. The minimum Gasteiger partial charge on any atom is -0.454 e. The molecular formula is C44H28N2O. The molecule has 10 aromatic rings. The predicted octanol–water partition coefficient (Wildman–Crippen LogP) is 12.0. The average Bonchev–Trinajstić information content (AvgIpc) is 3.79. The second-order valence-corrected chi connectivity index (χ2v) is 12.2. The van der Waals surface area contributed by atoms with Crippen LogP contribution in [0, 0.1) is 0 Å². The largest absolute Gasteiger partial charge is 0.454 e. The average molecular weight is 601 g/mol. The topological polar surface area (TPSA) is 23.0 Å². The van der Waals surface area contributed by atoms with Crippen LogP contribution in [0.3, 0.4) is 0 Å². The minimum atomic E-state index is 0.905. The summed E-state index contributed by atoms with van der Waals surface area (Å²) in [6.07, 6.45) is 0. The first-order valence-corrected chi connectivity index (χ1v) is 16.0. The Morgan fingerprint density at radius 3 is 1.60 bits per heavy atom. The number of benzene rings is 7. The molecule has 0 saturated heterocycles. The maximum atomic E-state index is 6.46. The molecule has 220 valence electrons. The Morgan fingerprint density at radius 1 is 0.340 bits per heavy atom. The molecular weight excluding hydrogens is 572 g/mol. The maximum Gasteiger partial charge on any atom is 0.161 e. The fourth-order valence-corrected chi connectivity index (χ4v) is 7.40. The lowest BCUT2D eigenvalue weighted by atomic mass is 9.98. The van der Waals surface area contributed by atoms with Gasteiger partial charge in [-0.3, -0.25) is 0 Å². The van der Waals surface area contributed by atoms with E-state index in [1.807, 2.05) is 6.07 Å². The molecule has 3 heterocycles. The van der Waals surface area contributed by atoms with Crippen molar-refractivity contribution in [3.05, 3.63) is 170 Å². The molecule has 3 aromatic heterocycles. The van der Waals surface area contributed by atoms with Gasteiger partial charge in [0.2, 0.25) is 0 Å². The van der Waals surface area contributed by atoms with Crippen LogP contribution < -0.4 is 0 Å². The van der Waals surface area contributed by atoms with Crippen molar-refractivity contribution in [2.24, 2.45) is 0 Å². The van der Waals surface area contributed by atoms with Crippen molar-refractivity contribution < 1.29 is 4.42 Å². The molecule has 3 nitrogen and oxygen atoms in total. The maximum absolute atomic E-state index is 6.46. The van der Waals surface area contributed by atoms with E-state index < -0.39 is 0 Å². The van der Waals surface area contributed by atoms with E-state index in [1.54, 1.807) is 0 Å². The number of nitrogens with zero attached hydrogens (tertiary/aromatic N) is 2. The number of fused-ring (bicyclic) bond motifs is 8. The summed E-state index contributed by atoms with van der Waals surface area (Å²) in [5.41, 5.74) is 13.5. The van der Waals surface area contributed by atoms with Gasteiger partial charge in [-0.1, -0.05) is 103 Å². The highest BCUT2D eigenvalue weighted by Crippen LogP contribution is 2.41. The summed E-state index contributed by atoms with van der Waals surface area (Å²) in [6, 6.07) is 60.8. The molecule has 0 aliphatic carbocycles. The summed E-state index contributed by atoms with van der Waals surface area (Å²) < 4.78 is 11.2. The van der Waals surface area contributed by atoms with Crippen LogP contribution in [0.25, 0.3) is 88.4 Å². The van der Waals surface area contributed by atoms with E-state index in [0.29, 0.717) is 0 Å². The first-order valence-electron chi connectivity index (χ1n) is 16.0. The lowest BCUT2D eigenvalue weighted by Crippen LogP contribution is -1.97. The van der Waals surface area contributed by atoms with E-state index in [4.69, 9.17) is 4.42 Å². The number of para-hydroxylation sites is 3. The first kappa shape index (κ1) is 26.0. The van der Waals surface area contributed by atoms with Crippen molar-refractivity contribution in [3.63, 3.8) is 0 Å². The van der Waals surface area contributed by atoms with Gasteiger partial charge < -0.3 is 13.6 Å². The summed E-state index contributed by atoms with van der Waals surface area (Å²) in [5, 5.41) is 4.67. The quantitative estimate of drug-likeness (QED) is 0.197. The molecule has 47 heavy (non-hydrogen) atoms. The van der Waals surface area contributed by atoms with Crippen molar-refractivity contribution >= 4 is 54.8 Å². The van der Waals surface area contributed by atoms with E-state index in [0.717, 1.165) is 44.3 Å². The van der Waals surface area contributed by atoms with Crippen LogP contribution in [0.5, 0.6) is 0 Å². The summed E-state index contributed by atoms with van der Waals surface area (Å²) in [4.78, 5) is 0.